The molecule has 0 bridgehead atoms. The number of carbonyl (C=O) groups is 2. The fourth-order valence-corrected chi connectivity index (χ4v) is 2.21. The van der Waals surface area contributed by atoms with Crippen LogP contribution < -0.4 is 5.32 Å². The van der Waals surface area contributed by atoms with Gasteiger partial charge in [0.2, 0.25) is 11.1 Å². The molecule has 0 aliphatic heterocycles. The normalized spacial score (nSPS) is 11.7. The molecule has 0 aliphatic carbocycles. The highest BCUT2D eigenvalue weighted by atomic mass is 32.2. The van der Waals surface area contributed by atoms with Crippen molar-refractivity contribution in [3.05, 3.63) is 30.3 Å². The molecule has 2 amide bonds. The maximum Gasteiger partial charge on any atom is 0.413 e. The van der Waals surface area contributed by atoms with E-state index in [9.17, 15) is 9.59 Å². The molecule has 0 saturated heterocycles. The molecule has 1 aromatic heterocycles. The number of hydrogen-bond donors (Lipinski definition) is 2. The number of rotatable bonds is 4. The maximum atomic E-state index is 11.7. The van der Waals surface area contributed by atoms with Gasteiger partial charge >= 0.3 is 6.09 Å². The minimum atomic E-state index is -0.785. The zero-order valence-electron chi connectivity index (χ0n) is 11.5. The number of alkyl carbamates (subject to hydrolysis) is 1. The molecule has 0 unspecified atom stereocenters. The van der Waals surface area contributed by atoms with Crippen molar-refractivity contribution in [2.45, 2.75) is 17.3 Å². The van der Waals surface area contributed by atoms with Crippen molar-refractivity contribution < 1.29 is 14.3 Å². The molecule has 0 saturated carbocycles. The lowest BCUT2D eigenvalue weighted by molar-refractivity contribution is -0.119. The van der Waals surface area contributed by atoms with E-state index in [4.69, 9.17) is 0 Å². The van der Waals surface area contributed by atoms with Crippen molar-refractivity contribution in [1.29, 1.82) is 0 Å². The lowest BCUT2D eigenvalue weighted by atomic mass is 10.2. The van der Waals surface area contributed by atoms with E-state index in [2.05, 4.69) is 25.2 Å². The Kier molecular flexibility index (Phi) is 4.94. The highest BCUT2D eigenvalue weighted by Crippen LogP contribution is 2.22. The van der Waals surface area contributed by atoms with Crippen molar-refractivity contribution in [3.63, 3.8) is 0 Å². The second-order valence-corrected chi connectivity index (χ2v) is 5.38. The molecule has 0 aliphatic rings. The summed E-state index contributed by atoms with van der Waals surface area (Å²) in [6, 6.07) is 9.52. The monoisotopic (exact) mass is 306 g/mol. The van der Waals surface area contributed by atoms with Gasteiger partial charge in [-0.15, -0.1) is 5.10 Å². The zero-order chi connectivity index (χ0) is 15.2. The largest absolute Gasteiger partial charge is 0.453 e. The van der Waals surface area contributed by atoms with Crippen LogP contribution in [0, 0.1) is 0 Å². The highest BCUT2D eigenvalue weighted by molar-refractivity contribution is 8.00. The number of imide groups is 1. The Morgan fingerprint density at radius 3 is 2.71 bits per heavy atom. The van der Waals surface area contributed by atoms with Crippen LogP contribution in [-0.4, -0.2) is 39.5 Å². The number of nitrogens with zero attached hydrogens (tertiary/aromatic N) is 2. The molecule has 8 heteroatoms. The number of aromatic amines is 1. The van der Waals surface area contributed by atoms with Crippen molar-refractivity contribution in [1.82, 2.24) is 20.5 Å². The third-order valence-electron chi connectivity index (χ3n) is 2.57. The summed E-state index contributed by atoms with van der Waals surface area (Å²) in [7, 11) is 1.20. The number of methoxy groups -OCH3 is 1. The van der Waals surface area contributed by atoms with Crippen molar-refractivity contribution in [2.75, 3.05) is 7.11 Å². The van der Waals surface area contributed by atoms with E-state index in [0.717, 1.165) is 17.3 Å². The van der Waals surface area contributed by atoms with E-state index in [-0.39, 0.29) is 0 Å². The van der Waals surface area contributed by atoms with Gasteiger partial charge in [0.1, 0.15) is 0 Å². The van der Waals surface area contributed by atoms with E-state index >= 15 is 0 Å². The standard InChI is InChI=1S/C13H14N4O3S/c1-8(11(18)15-13(19)20-2)21-12-14-10(16-17-12)9-6-4-3-5-7-9/h3-8H,1-2H3,(H,14,16,17)(H,15,18,19)/t8-/m0/s1. The molecule has 0 fully saturated rings. The van der Waals surface area contributed by atoms with Crippen LogP contribution in [0.2, 0.25) is 0 Å². The summed E-state index contributed by atoms with van der Waals surface area (Å²) in [5.74, 6) is 0.164. The van der Waals surface area contributed by atoms with Gasteiger partial charge in [-0.25, -0.2) is 9.78 Å². The fraction of sp³-hybridized carbons (Fsp3) is 0.231. The van der Waals surface area contributed by atoms with Crippen LogP contribution in [0.5, 0.6) is 0 Å². The molecule has 2 N–H and O–H groups in total. The number of thioether (sulfide) groups is 1. The zero-order valence-corrected chi connectivity index (χ0v) is 12.3. The van der Waals surface area contributed by atoms with Crippen LogP contribution in [0.3, 0.4) is 0 Å². The van der Waals surface area contributed by atoms with Gasteiger partial charge in [0.25, 0.3) is 0 Å². The lowest BCUT2D eigenvalue weighted by Crippen LogP contribution is -2.35. The number of nitrogens with one attached hydrogen (secondary N) is 2. The summed E-state index contributed by atoms with van der Waals surface area (Å²) in [4.78, 5) is 27.0. The second-order valence-electron chi connectivity index (χ2n) is 4.07. The topological polar surface area (TPSA) is 97.0 Å². The van der Waals surface area contributed by atoms with Crippen LogP contribution >= 0.6 is 11.8 Å². The van der Waals surface area contributed by atoms with Crippen LogP contribution in [0.25, 0.3) is 11.4 Å². The number of benzene rings is 1. The molecule has 2 rings (SSSR count). The van der Waals surface area contributed by atoms with E-state index in [0.29, 0.717) is 11.0 Å². The summed E-state index contributed by atoms with van der Waals surface area (Å²) >= 11 is 1.15. The number of amides is 2. The molecular weight excluding hydrogens is 292 g/mol. The first-order chi connectivity index (χ1) is 10.1. The molecule has 0 radical (unpaired) electrons. The summed E-state index contributed by atoms with van der Waals surface area (Å²) < 4.78 is 4.37. The number of hydrogen-bond acceptors (Lipinski definition) is 6. The number of H-pyrrole nitrogens is 1. The van der Waals surface area contributed by atoms with Gasteiger partial charge < -0.3 is 4.74 Å². The first-order valence-electron chi connectivity index (χ1n) is 6.13. The van der Waals surface area contributed by atoms with Crippen LogP contribution in [0.1, 0.15) is 6.92 Å². The summed E-state index contributed by atoms with van der Waals surface area (Å²) in [6.07, 6.45) is -0.785. The Morgan fingerprint density at radius 1 is 1.33 bits per heavy atom. The third-order valence-corrected chi connectivity index (χ3v) is 3.54. The van der Waals surface area contributed by atoms with Crippen molar-refractivity contribution in [2.24, 2.45) is 0 Å². The Labute approximate surface area is 125 Å². The molecule has 0 spiro atoms. The van der Waals surface area contributed by atoms with Crippen LogP contribution in [0.4, 0.5) is 4.79 Å². The van der Waals surface area contributed by atoms with Gasteiger partial charge in [-0.1, -0.05) is 42.1 Å². The number of carbonyl (C=O) groups excluding carboxylic acids is 2. The van der Waals surface area contributed by atoms with E-state index in [1.54, 1.807) is 6.92 Å². The first kappa shape index (κ1) is 15.0. The highest BCUT2D eigenvalue weighted by Gasteiger charge is 2.19. The smallest absolute Gasteiger partial charge is 0.413 e. The molecule has 1 aromatic carbocycles. The summed E-state index contributed by atoms with van der Waals surface area (Å²) in [5, 5.41) is 8.87. The SMILES string of the molecule is COC(=O)NC(=O)[C@H](C)Sc1n[nH]c(-c2ccccc2)n1. The average molecular weight is 306 g/mol. The summed E-state index contributed by atoms with van der Waals surface area (Å²) in [6.45, 7) is 1.65. The fourth-order valence-electron chi connectivity index (χ4n) is 1.49. The Morgan fingerprint density at radius 2 is 2.05 bits per heavy atom. The second kappa shape index (κ2) is 6.89. The molecule has 1 atom stereocenters. The molecule has 2 aromatic rings. The third kappa shape index (κ3) is 4.06. The number of ether oxygens (including phenoxy) is 1. The molecule has 110 valence electrons. The van der Waals surface area contributed by atoms with Gasteiger partial charge in [0.15, 0.2) is 5.82 Å². The quantitative estimate of drug-likeness (QED) is 0.837. The van der Waals surface area contributed by atoms with Gasteiger partial charge in [-0.2, -0.15) is 0 Å². The number of aromatic nitrogens is 3. The summed E-state index contributed by atoms with van der Waals surface area (Å²) in [5.41, 5.74) is 0.906. The predicted molar refractivity (Wildman–Crippen MR) is 77.7 cm³/mol. The van der Waals surface area contributed by atoms with Gasteiger partial charge in [0.05, 0.1) is 12.4 Å². The minimum absolute atomic E-state index is 0.432. The molecule has 7 nitrogen and oxygen atoms in total. The molecule has 1 heterocycles. The van der Waals surface area contributed by atoms with Crippen LogP contribution in [0.15, 0.2) is 35.5 Å². The van der Waals surface area contributed by atoms with Crippen molar-refractivity contribution in [3.8, 4) is 11.4 Å². The minimum Gasteiger partial charge on any atom is -0.453 e. The van der Waals surface area contributed by atoms with Gasteiger partial charge in [-0.3, -0.25) is 15.2 Å². The molecule has 21 heavy (non-hydrogen) atoms. The lowest BCUT2D eigenvalue weighted by Gasteiger charge is -2.07. The Bertz CT molecular complexity index is 629. The van der Waals surface area contributed by atoms with Crippen LogP contribution in [-0.2, 0) is 9.53 Å². The maximum absolute atomic E-state index is 11.7. The molecular formula is C13H14N4O3S. The predicted octanol–water partition coefficient (Wildman–Crippen LogP) is 1.83. The first-order valence-corrected chi connectivity index (χ1v) is 7.01. The average Bonchev–Trinajstić information content (AvgIpc) is 2.96. The van der Waals surface area contributed by atoms with Gasteiger partial charge in [-0.05, 0) is 6.92 Å². The van der Waals surface area contributed by atoms with Gasteiger partial charge in [0, 0.05) is 5.56 Å². The van der Waals surface area contributed by atoms with Crippen molar-refractivity contribution >= 4 is 23.8 Å². The van der Waals surface area contributed by atoms with E-state index < -0.39 is 17.3 Å². The Balaban J connectivity index is 1.99. The van der Waals surface area contributed by atoms with E-state index in [1.165, 1.54) is 7.11 Å². The van der Waals surface area contributed by atoms with E-state index in [1.807, 2.05) is 30.3 Å². The Hall–Kier alpha value is -2.35.